The van der Waals surface area contributed by atoms with Crippen molar-refractivity contribution in [2.24, 2.45) is 0 Å². The van der Waals surface area contributed by atoms with Gasteiger partial charge in [0.1, 0.15) is 0 Å². The van der Waals surface area contributed by atoms with Crippen molar-refractivity contribution in [3.8, 4) is 0 Å². The number of hydrogen-bond acceptors (Lipinski definition) is 2. The maximum atomic E-state index is 12.6. The minimum atomic E-state index is 0.137. The van der Waals surface area contributed by atoms with Crippen molar-refractivity contribution >= 4 is 39.3 Å². The molecule has 0 aliphatic carbocycles. The molecule has 0 N–H and O–H groups in total. The third kappa shape index (κ3) is 3.13. The van der Waals surface area contributed by atoms with Gasteiger partial charge in [0.15, 0.2) is 5.78 Å². The summed E-state index contributed by atoms with van der Waals surface area (Å²) in [6.07, 6.45) is 0.421. The van der Waals surface area contributed by atoms with Crippen LogP contribution in [0.25, 0.3) is 10.9 Å². The average Bonchev–Trinajstić information content (AvgIpc) is 2.48. The number of rotatable bonds is 3. The van der Waals surface area contributed by atoms with Crippen LogP contribution in [0.15, 0.2) is 54.6 Å². The van der Waals surface area contributed by atoms with Gasteiger partial charge in [-0.2, -0.15) is 0 Å². The lowest BCUT2D eigenvalue weighted by atomic mass is 9.99. The molecule has 21 heavy (non-hydrogen) atoms. The Kier molecular flexibility index (Phi) is 4.01. The summed E-state index contributed by atoms with van der Waals surface area (Å²) in [5, 5.41) is 0.929. The van der Waals surface area contributed by atoms with Crippen LogP contribution in [0, 0.1) is 10.5 Å². The first-order valence-electron chi connectivity index (χ1n) is 6.77. The number of para-hydroxylation sites is 1. The summed E-state index contributed by atoms with van der Waals surface area (Å²) in [5.74, 6) is 0.137. The van der Waals surface area contributed by atoms with Crippen LogP contribution in [0.5, 0.6) is 0 Å². The second-order valence-corrected chi connectivity index (χ2v) is 6.30. The number of pyridine rings is 1. The molecule has 3 rings (SSSR count). The van der Waals surface area contributed by atoms with E-state index in [9.17, 15) is 4.79 Å². The molecular formula is C18H14INO. The van der Waals surface area contributed by atoms with Gasteiger partial charge in [0, 0.05) is 26.6 Å². The average molecular weight is 387 g/mol. The lowest BCUT2D eigenvalue weighted by Gasteiger charge is -2.07. The Balaban J connectivity index is 1.99. The third-order valence-electron chi connectivity index (χ3n) is 3.42. The molecule has 0 unspecified atom stereocenters. The lowest BCUT2D eigenvalue weighted by Crippen LogP contribution is -2.05. The predicted molar refractivity (Wildman–Crippen MR) is 93.7 cm³/mol. The summed E-state index contributed by atoms with van der Waals surface area (Å²) in [4.78, 5) is 17.1. The lowest BCUT2D eigenvalue weighted by molar-refractivity contribution is 0.0994. The van der Waals surface area contributed by atoms with Crippen LogP contribution < -0.4 is 0 Å². The van der Waals surface area contributed by atoms with Gasteiger partial charge in [-0.3, -0.25) is 9.78 Å². The fourth-order valence-corrected chi connectivity index (χ4v) is 2.78. The van der Waals surface area contributed by atoms with Gasteiger partial charge in [-0.25, -0.2) is 0 Å². The zero-order valence-electron chi connectivity index (χ0n) is 11.6. The highest BCUT2D eigenvalue weighted by Crippen LogP contribution is 2.20. The van der Waals surface area contributed by atoms with Crippen molar-refractivity contribution < 1.29 is 4.79 Å². The molecule has 0 bridgehead atoms. The standard InChI is InChI=1S/C18H14INO/c1-12-10-16(15-4-2-3-5-17(15)20-12)18(21)11-13-6-8-14(19)9-7-13/h2-10H,11H2,1H3. The molecular weight excluding hydrogens is 373 g/mol. The Morgan fingerprint density at radius 3 is 2.57 bits per heavy atom. The molecule has 0 aliphatic rings. The molecule has 1 aromatic heterocycles. The molecule has 1 heterocycles. The first-order chi connectivity index (χ1) is 10.1. The number of ketones is 1. The van der Waals surface area contributed by atoms with Crippen LogP contribution >= 0.6 is 22.6 Å². The molecule has 2 nitrogen and oxygen atoms in total. The molecule has 0 aliphatic heterocycles. The van der Waals surface area contributed by atoms with Crippen molar-refractivity contribution in [2.75, 3.05) is 0 Å². The molecule has 0 amide bonds. The number of hydrogen-bond donors (Lipinski definition) is 0. The maximum absolute atomic E-state index is 12.6. The highest BCUT2D eigenvalue weighted by atomic mass is 127. The van der Waals surface area contributed by atoms with E-state index in [-0.39, 0.29) is 5.78 Å². The van der Waals surface area contributed by atoms with E-state index >= 15 is 0 Å². The van der Waals surface area contributed by atoms with E-state index in [2.05, 4.69) is 27.6 Å². The van der Waals surface area contributed by atoms with Crippen LogP contribution in [0.2, 0.25) is 0 Å². The van der Waals surface area contributed by atoms with Gasteiger partial charge in [-0.15, -0.1) is 0 Å². The second kappa shape index (κ2) is 5.93. The van der Waals surface area contributed by atoms with E-state index < -0.39 is 0 Å². The Labute approximate surface area is 137 Å². The number of nitrogens with zero attached hydrogens (tertiary/aromatic N) is 1. The van der Waals surface area contributed by atoms with Crippen LogP contribution in [-0.4, -0.2) is 10.8 Å². The molecule has 0 radical (unpaired) electrons. The van der Waals surface area contributed by atoms with Gasteiger partial charge in [0.05, 0.1) is 5.52 Å². The molecule has 104 valence electrons. The van der Waals surface area contributed by atoms with Crippen molar-refractivity contribution in [1.82, 2.24) is 4.98 Å². The Bertz CT molecular complexity index is 809. The molecule has 0 saturated heterocycles. The van der Waals surface area contributed by atoms with Crippen molar-refractivity contribution in [1.29, 1.82) is 0 Å². The van der Waals surface area contributed by atoms with Gasteiger partial charge < -0.3 is 0 Å². The van der Waals surface area contributed by atoms with Crippen molar-refractivity contribution in [2.45, 2.75) is 13.3 Å². The summed E-state index contributed by atoms with van der Waals surface area (Å²) in [7, 11) is 0. The van der Waals surface area contributed by atoms with Gasteiger partial charge in [-0.05, 0) is 59.3 Å². The predicted octanol–water partition coefficient (Wildman–Crippen LogP) is 4.57. The number of carbonyl (C=O) groups excluding carboxylic acids is 1. The first kappa shape index (κ1) is 14.2. The normalized spacial score (nSPS) is 10.8. The molecule has 3 aromatic rings. The minimum absolute atomic E-state index is 0.137. The fraction of sp³-hybridized carbons (Fsp3) is 0.111. The summed E-state index contributed by atoms with van der Waals surface area (Å²) >= 11 is 2.26. The SMILES string of the molecule is Cc1cc(C(=O)Cc2ccc(I)cc2)c2ccccc2n1. The van der Waals surface area contributed by atoms with E-state index in [1.807, 2.05) is 61.5 Å². The molecule has 0 atom stereocenters. The van der Waals surface area contributed by atoms with Crippen molar-refractivity contribution in [3.63, 3.8) is 0 Å². The number of halogens is 1. The molecule has 0 fully saturated rings. The fourth-order valence-electron chi connectivity index (χ4n) is 2.42. The Hall–Kier alpha value is -1.75. The smallest absolute Gasteiger partial charge is 0.167 e. The summed E-state index contributed by atoms with van der Waals surface area (Å²) < 4.78 is 1.18. The largest absolute Gasteiger partial charge is 0.294 e. The summed E-state index contributed by atoms with van der Waals surface area (Å²) in [5.41, 5.74) is 3.55. The number of Topliss-reactive ketones (excluding diaryl/α,β-unsaturated/α-hetero) is 1. The number of benzene rings is 2. The van der Waals surface area contributed by atoms with Gasteiger partial charge in [-0.1, -0.05) is 30.3 Å². The number of aromatic nitrogens is 1. The molecule has 0 spiro atoms. The molecule has 0 saturated carbocycles. The zero-order chi connectivity index (χ0) is 14.8. The van der Waals surface area contributed by atoms with E-state index in [0.29, 0.717) is 6.42 Å². The van der Waals surface area contributed by atoms with Crippen LogP contribution in [0.3, 0.4) is 0 Å². The van der Waals surface area contributed by atoms with Crippen LogP contribution in [0.1, 0.15) is 21.6 Å². The first-order valence-corrected chi connectivity index (χ1v) is 7.85. The van der Waals surface area contributed by atoms with Gasteiger partial charge >= 0.3 is 0 Å². The van der Waals surface area contributed by atoms with Crippen LogP contribution in [0.4, 0.5) is 0 Å². The topological polar surface area (TPSA) is 30.0 Å². The zero-order valence-corrected chi connectivity index (χ0v) is 13.8. The minimum Gasteiger partial charge on any atom is -0.294 e. The maximum Gasteiger partial charge on any atom is 0.167 e. The Morgan fingerprint density at radius 1 is 1.10 bits per heavy atom. The second-order valence-electron chi connectivity index (χ2n) is 5.05. The van der Waals surface area contributed by atoms with Crippen LogP contribution in [-0.2, 0) is 6.42 Å². The number of fused-ring (bicyclic) bond motifs is 1. The Morgan fingerprint density at radius 2 is 1.81 bits per heavy atom. The van der Waals surface area contributed by atoms with E-state index in [1.165, 1.54) is 3.57 Å². The van der Waals surface area contributed by atoms with Gasteiger partial charge in [0.2, 0.25) is 0 Å². The van der Waals surface area contributed by atoms with E-state index in [0.717, 1.165) is 27.7 Å². The number of aryl methyl sites for hydroxylation is 1. The molecule has 3 heteroatoms. The third-order valence-corrected chi connectivity index (χ3v) is 4.14. The number of carbonyl (C=O) groups is 1. The van der Waals surface area contributed by atoms with E-state index in [1.54, 1.807) is 0 Å². The highest BCUT2D eigenvalue weighted by Gasteiger charge is 2.12. The van der Waals surface area contributed by atoms with Crippen molar-refractivity contribution in [3.05, 3.63) is 75.0 Å². The monoisotopic (exact) mass is 387 g/mol. The highest BCUT2D eigenvalue weighted by molar-refractivity contribution is 14.1. The van der Waals surface area contributed by atoms with E-state index in [4.69, 9.17) is 0 Å². The van der Waals surface area contributed by atoms with Gasteiger partial charge in [0.25, 0.3) is 0 Å². The summed E-state index contributed by atoms with van der Waals surface area (Å²) in [6, 6.07) is 17.8. The molecule has 2 aromatic carbocycles. The summed E-state index contributed by atoms with van der Waals surface area (Å²) in [6.45, 7) is 1.92. The quantitative estimate of drug-likeness (QED) is 0.487.